The van der Waals surface area contributed by atoms with Crippen LogP contribution in [0.2, 0.25) is 0 Å². The van der Waals surface area contributed by atoms with Crippen LogP contribution in [0.25, 0.3) is 33.6 Å². The van der Waals surface area contributed by atoms with E-state index in [1.165, 1.54) is 0 Å². The Morgan fingerprint density at radius 1 is 0.755 bits per heavy atom. The zero-order valence-electron chi connectivity index (χ0n) is 30.1. The molecule has 0 spiro atoms. The molecule has 1 saturated carbocycles. The van der Waals surface area contributed by atoms with E-state index in [4.69, 9.17) is 19.4 Å². The summed E-state index contributed by atoms with van der Waals surface area (Å²) in [5.41, 5.74) is 5.12. The van der Waals surface area contributed by atoms with E-state index in [-0.39, 0.29) is 30.0 Å². The molecule has 10 nitrogen and oxygen atoms in total. The van der Waals surface area contributed by atoms with Crippen molar-refractivity contribution < 1.29 is 19.1 Å². The van der Waals surface area contributed by atoms with Crippen molar-refractivity contribution in [3.8, 4) is 33.6 Å². The molecule has 2 aromatic carbocycles. The second kappa shape index (κ2) is 14.9. The monoisotopic (exact) mass is 668 g/mol. The number of carbonyl (C=O) groups excluding carboxylic acids is 2. The predicted molar refractivity (Wildman–Crippen MR) is 193 cm³/mol. The fourth-order valence-corrected chi connectivity index (χ4v) is 6.56. The summed E-state index contributed by atoms with van der Waals surface area (Å²) in [5, 5.41) is 6.10. The van der Waals surface area contributed by atoms with E-state index in [1.54, 1.807) is 0 Å². The molecule has 4 unspecified atom stereocenters. The molecule has 0 bridgehead atoms. The molecule has 0 saturated heterocycles. The Balaban J connectivity index is 1.22. The maximum Gasteiger partial charge on any atom is 0.407 e. The van der Waals surface area contributed by atoms with Crippen molar-refractivity contribution in [1.29, 1.82) is 0 Å². The second-order valence-corrected chi connectivity index (χ2v) is 15.0. The largest absolute Gasteiger partial charge is 0.444 e. The molecule has 1 aliphatic rings. The Morgan fingerprint density at radius 2 is 1.29 bits per heavy atom. The van der Waals surface area contributed by atoms with Crippen molar-refractivity contribution in [1.82, 2.24) is 30.6 Å². The lowest BCUT2D eigenvalue weighted by Gasteiger charge is -2.27. The first-order valence-corrected chi connectivity index (χ1v) is 17.5. The van der Waals surface area contributed by atoms with Gasteiger partial charge in [-0.15, -0.1) is 0 Å². The van der Waals surface area contributed by atoms with Crippen molar-refractivity contribution >= 4 is 12.2 Å². The van der Waals surface area contributed by atoms with Crippen molar-refractivity contribution in [2.75, 3.05) is 0 Å². The Kier molecular flexibility index (Phi) is 10.8. The normalized spacial score (nSPS) is 17.7. The van der Waals surface area contributed by atoms with Crippen LogP contribution in [0, 0.1) is 0 Å². The summed E-state index contributed by atoms with van der Waals surface area (Å²) in [7, 11) is 0. The Morgan fingerprint density at radius 3 is 1.84 bits per heavy atom. The van der Waals surface area contributed by atoms with Gasteiger partial charge in [-0.05, 0) is 89.5 Å². The van der Waals surface area contributed by atoms with Crippen LogP contribution in [-0.4, -0.2) is 55.4 Å². The van der Waals surface area contributed by atoms with Crippen LogP contribution in [0.4, 0.5) is 9.59 Å². The minimum Gasteiger partial charge on any atom is -0.444 e. The molecular weight excluding hydrogens is 616 g/mol. The SMILES string of the molecule is CCC(NC(=O)OC(C)(C)C)C(CC)c1ncc(-c2ccc(-c3ccc(-c4cnc(C5CCCC5NC(=O)OC(C)(C)C)[nH]4)cc3)cc2)[nH]1. The van der Waals surface area contributed by atoms with E-state index in [0.29, 0.717) is 0 Å². The van der Waals surface area contributed by atoms with Gasteiger partial charge in [-0.1, -0.05) is 68.8 Å². The van der Waals surface area contributed by atoms with Crippen LogP contribution in [0.1, 0.15) is 111 Å². The number of amides is 2. The lowest BCUT2D eigenvalue weighted by molar-refractivity contribution is 0.0484. The molecule has 1 fully saturated rings. The minimum absolute atomic E-state index is 0.00459. The lowest BCUT2D eigenvalue weighted by atomic mass is 9.94. The number of alkyl carbamates (subject to hydrolysis) is 2. The number of imidazole rings is 2. The van der Waals surface area contributed by atoms with Gasteiger partial charge >= 0.3 is 12.2 Å². The van der Waals surface area contributed by atoms with Gasteiger partial charge in [0.2, 0.25) is 0 Å². The van der Waals surface area contributed by atoms with Crippen LogP contribution >= 0.6 is 0 Å². The van der Waals surface area contributed by atoms with Crippen molar-refractivity contribution in [2.45, 2.75) is 123 Å². The molecule has 2 amide bonds. The number of rotatable bonds is 10. The second-order valence-electron chi connectivity index (χ2n) is 15.0. The van der Waals surface area contributed by atoms with Gasteiger partial charge in [-0.3, -0.25) is 0 Å². The van der Waals surface area contributed by atoms with Crippen molar-refractivity contribution in [2.24, 2.45) is 0 Å². The maximum absolute atomic E-state index is 12.5. The lowest BCUT2D eigenvalue weighted by Crippen LogP contribution is -2.42. The van der Waals surface area contributed by atoms with E-state index >= 15 is 0 Å². The highest BCUT2D eigenvalue weighted by Gasteiger charge is 2.33. The molecule has 2 heterocycles. The van der Waals surface area contributed by atoms with Gasteiger partial charge < -0.3 is 30.1 Å². The fraction of sp³-hybridized carbons (Fsp3) is 0.487. The third-order valence-corrected chi connectivity index (χ3v) is 8.90. The maximum atomic E-state index is 12.5. The van der Waals surface area contributed by atoms with Gasteiger partial charge in [0.1, 0.15) is 22.9 Å². The molecule has 0 aliphatic heterocycles. The molecule has 262 valence electrons. The van der Waals surface area contributed by atoms with E-state index in [0.717, 1.165) is 77.4 Å². The standard InChI is InChI=1S/C39H52N6O4/c1-9-28(30(10-2)44-36(46)48-38(3,4)5)34-40-22-32(42-34)26-18-14-24(15-19-26)25-16-20-27(21-17-25)33-23-41-35(43-33)29-12-11-13-31(29)45-37(47)49-39(6,7)8/h14-23,28-31H,9-13H2,1-8H3,(H,40,42)(H,41,43)(H,44,46)(H,45,47). The summed E-state index contributed by atoms with van der Waals surface area (Å²) < 4.78 is 11.0. The van der Waals surface area contributed by atoms with Gasteiger partial charge in [0.25, 0.3) is 0 Å². The topological polar surface area (TPSA) is 134 Å². The smallest absolute Gasteiger partial charge is 0.407 e. The summed E-state index contributed by atoms with van der Waals surface area (Å²) in [6.45, 7) is 15.4. The van der Waals surface area contributed by atoms with Gasteiger partial charge in [0.15, 0.2) is 0 Å². The number of hydrogen-bond acceptors (Lipinski definition) is 6. The Hall–Kier alpha value is -4.60. The number of nitrogens with one attached hydrogen (secondary N) is 4. The molecular formula is C39H52N6O4. The van der Waals surface area contributed by atoms with Gasteiger partial charge in [0, 0.05) is 23.9 Å². The molecule has 4 aromatic rings. The van der Waals surface area contributed by atoms with Gasteiger partial charge in [-0.25, -0.2) is 19.6 Å². The summed E-state index contributed by atoms with van der Waals surface area (Å²) in [6, 6.07) is 16.8. The van der Waals surface area contributed by atoms with E-state index in [1.807, 2.05) is 53.9 Å². The summed E-state index contributed by atoms with van der Waals surface area (Å²) >= 11 is 0. The quantitative estimate of drug-likeness (QED) is 0.133. The number of aromatic amines is 2. The Labute approximate surface area is 290 Å². The van der Waals surface area contributed by atoms with E-state index in [2.05, 4.69) is 83.0 Å². The molecule has 4 atom stereocenters. The molecule has 0 radical (unpaired) electrons. The predicted octanol–water partition coefficient (Wildman–Crippen LogP) is 9.09. The van der Waals surface area contributed by atoms with Gasteiger partial charge in [-0.2, -0.15) is 0 Å². The molecule has 10 heteroatoms. The van der Waals surface area contributed by atoms with E-state index < -0.39 is 17.3 Å². The van der Waals surface area contributed by atoms with Crippen molar-refractivity contribution in [3.63, 3.8) is 0 Å². The molecule has 49 heavy (non-hydrogen) atoms. The van der Waals surface area contributed by atoms with Gasteiger partial charge in [0.05, 0.1) is 23.8 Å². The van der Waals surface area contributed by atoms with Crippen LogP contribution in [0.5, 0.6) is 0 Å². The highest BCUT2D eigenvalue weighted by Crippen LogP contribution is 2.35. The summed E-state index contributed by atoms with van der Waals surface area (Å²) in [6.07, 6.45) is 7.43. The molecule has 1 aliphatic carbocycles. The summed E-state index contributed by atoms with van der Waals surface area (Å²) in [4.78, 5) is 41.3. The van der Waals surface area contributed by atoms with E-state index in [9.17, 15) is 9.59 Å². The first kappa shape index (κ1) is 35.7. The van der Waals surface area contributed by atoms with Crippen LogP contribution in [0.3, 0.4) is 0 Å². The number of ether oxygens (including phenoxy) is 2. The number of nitrogens with zero attached hydrogens (tertiary/aromatic N) is 2. The number of aromatic nitrogens is 4. The molecule has 5 rings (SSSR count). The average Bonchev–Trinajstić information content (AvgIpc) is 3.81. The first-order chi connectivity index (χ1) is 23.2. The zero-order valence-corrected chi connectivity index (χ0v) is 30.1. The zero-order chi connectivity index (χ0) is 35.3. The third kappa shape index (κ3) is 9.31. The van der Waals surface area contributed by atoms with Crippen LogP contribution < -0.4 is 10.6 Å². The summed E-state index contributed by atoms with van der Waals surface area (Å²) in [5.74, 6) is 1.90. The average molecular weight is 669 g/mol. The highest BCUT2D eigenvalue weighted by molar-refractivity contribution is 5.72. The first-order valence-electron chi connectivity index (χ1n) is 17.5. The number of carbonyl (C=O) groups is 2. The highest BCUT2D eigenvalue weighted by atomic mass is 16.6. The number of hydrogen-bond donors (Lipinski definition) is 4. The minimum atomic E-state index is -0.552. The third-order valence-electron chi connectivity index (χ3n) is 8.90. The number of H-pyrrole nitrogens is 2. The Bertz CT molecular complexity index is 1690. The number of benzene rings is 2. The molecule has 4 N–H and O–H groups in total. The van der Waals surface area contributed by atoms with Crippen LogP contribution in [0.15, 0.2) is 60.9 Å². The fourth-order valence-electron chi connectivity index (χ4n) is 6.56. The van der Waals surface area contributed by atoms with Crippen LogP contribution in [-0.2, 0) is 9.47 Å². The molecule has 2 aromatic heterocycles. The van der Waals surface area contributed by atoms with Crippen molar-refractivity contribution in [3.05, 3.63) is 72.6 Å².